The summed E-state index contributed by atoms with van der Waals surface area (Å²) in [5.41, 5.74) is 3.85. The van der Waals surface area contributed by atoms with Gasteiger partial charge >= 0.3 is 0 Å². The lowest BCUT2D eigenvalue weighted by atomic mass is 10.0. The number of Topliss-reactive ketones (excluding diaryl/α,β-unsaturated/α-hetero) is 1. The van der Waals surface area contributed by atoms with E-state index in [9.17, 15) is 4.79 Å². The van der Waals surface area contributed by atoms with Crippen LogP contribution in [0.2, 0.25) is 4.34 Å². The first-order chi connectivity index (χ1) is 13.7. The van der Waals surface area contributed by atoms with Crippen LogP contribution in [0.3, 0.4) is 0 Å². The lowest BCUT2D eigenvalue weighted by Gasteiger charge is -2.08. The molecule has 0 spiro atoms. The fraction of sp³-hybridized carbons (Fsp3) is 0.190. The topological polar surface area (TPSA) is 63.6 Å². The van der Waals surface area contributed by atoms with Gasteiger partial charge in [-0.15, -0.1) is 11.3 Å². The van der Waals surface area contributed by atoms with Gasteiger partial charge in [0.1, 0.15) is 6.10 Å². The Kier molecular flexibility index (Phi) is 5.69. The summed E-state index contributed by atoms with van der Waals surface area (Å²) < 4.78 is 0.632. The minimum atomic E-state index is -0.0671. The Balaban J connectivity index is 1.29. The summed E-state index contributed by atoms with van der Waals surface area (Å²) >= 11 is 7.20. The highest BCUT2D eigenvalue weighted by Gasteiger charge is 2.23. The van der Waals surface area contributed by atoms with Crippen LogP contribution in [-0.2, 0) is 4.84 Å². The molecule has 0 fully saturated rings. The number of halogens is 1. The molecule has 0 saturated carbocycles. The van der Waals surface area contributed by atoms with Gasteiger partial charge in [0.2, 0.25) is 0 Å². The van der Waals surface area contributed by atoms with Crippen molar-refractivity contribution in [1.82, 2.24) is 4.98 Å². The molecule has 0 saturated heterocycles. The van der Waals surface area contributed by atoms with Crippen LogP contribution in [0.5, 0.6) is 0 Å². The molecule has 0 bridgehead atoms. The Hall–Kier alpha value is -2.70. The van der Waals surface area contributed by atoms with Crippen LogP contribution in [-0.4, -0.2) is 22.6 Å². The van der Waals surface area contributed by atoms with Gasteiger partial charge in [0.15, 0.2) is 5.78 Å². The van der Waals surface area contributed by atoms with Crippen molar-refractivity contribution in [2.75, 3.05) is 5.32 Å². The van der Waals surface area contributed by atoms with Crippen LogP contribution in [0, 0.1) is 0 Å². The number of aromatic nitrogens is 1. The van der Waals surface area contributed by atoms with Crippen LogP contribution in [0.15, 0.2) is 66.1 Å². The molecule has 1 unspecified atom stereocenters. The Labute approximate surface area is 172 Å². The van der Waals surface area contributed by atoms with Gasteiger partial charge in [-0.05, 0) is 48.4 Å². The predicted octanol–water partition coefficient (Wildman–Crippen LogP) is 5.70. The molecule has 7 heteroatoms. The molecular formula is C21H18ClN3O2S. The number of benzene rings is 1. The maximum atomic E-state index is 12.2. The van der Waals surface area contributed by atoms with E-state index in [4.69, 9.17) is 16.4 Å². The van der Waals surface area contributed by atoms with Crippen molar-refractivity contribution >= 4 is 45.8 Å². The molecule has 0 radical (unpaired) electrons. The smallest absolute Gasteiger partial charge is 0.172 e. The minimum absolute atomic E-state index is 0.0671. The molecule has 5 nitrogen and oxygen atoms in total. The highest BCUT2D eigenvalue weighted by Crippen LogP contribution is 2.26. The molecule has 1 aliphatic heterocycles. The van der Waals surface area contributed by atoms with Crippen LogP contribution in [0.25, 0.3) is 0 Å². The zero-order valence-corrected chi connectivity index (χ0v) is 16.5. The number of ketones is 1. The summed E-state index contributed by atoms with van der Waals surface area (Å²) in [7, 11) is 0. The van der Waals surface area contributed by atoms with Crippen molar-refractivity contribution < 1.29 is 9.63 Å². The third kappa shape index (κ3) is 4.58. The first kappa shape index (κ1) is 18.7. The molecule has 0 aliphatic carbocycles. The molecule has 1 atom stereocenters. The number of hydrogen-bond acceptors (Lipinski definition) is 6. The largest absolute Gasteiger partial charge is 0.392 e. The monoisotopic (exact) mass is 411 g/mol. The number of carbonyl (C=O) groups is 1. The average molecular weight is 412 g/mol. The quantitative estimate of drug-likeness (QED) is 0.507. The normalized spacial score (nSPS) is 15.8. The summed E-state index contributed by atoms with van der Waals surface area (Å²) in [4.78, 5) is 22.5. The number of nitrogens with one attached hydrogen (secondary N) is 1. The maximum Gasteiger partial charge on any atom is 0.172 e. The van der Waals surface area contributed by atoms with Crippen molar-refractivity contribution in [1.29, 1.82) is 0 Å². The Morgan fingerprint density at radius 3 is 2.75 bits per heavy atom. The van der Waals surface area contributed by atoms with Gasteiger partial charge in [-0.2, -0.15) is 0 Å². The zero-order valence-electron chi connectivity index (χ0n) is 15.0. The predicted molar refractivity (Wildman–Crippen MR) is 113 cm³/mol. The number of nitrogens with zero attached hydrogens (tertiary/aromatic N) is 2. The van der Waals surface area contributed by atoms with Crippen molar-refractivity contribution in [3.05, 3.63) is 75.7 Å². The Bertz CT molecular complexity index is 986. The van der Waals surface area contributed by atoms with Gasteiger partial charge in [0.25, 0.3) is 0 Å². The molecule has 3 aromatic rings. The first-order valence-corrected chi connectivity index (χ1v) is 10.2. The van der Waals surface area contributed by atoms with E-state index in [-0.39, 0.29) is 11.9 Å². The fourth-order valence-corrected chi connectivity index (χ4v) is 3.99. The maximum absolute atomic E-state index is 12.2. The molecule has 4 rings (SSSR count). The third-order valence-electron chi connectivity index (χ3n) is 4.44. The highest BCUT2D eigenvalue weighted by atomic mass is 35.5. The van der Waals surface area contributed by atoms with E-state index in [0.29, 0.717) is 28.5 Å². The van der Waals surface area contributed by atoms with Crippen molar-refractivity contribution in [2.24, 2.45) is 5.16 Å². The summed E-state index contributed by atoms with van der Waals surface area (Å²) in [5, 5.41) is 7.51. The third-order valence-corrected chi connectivity index (χ3v) is 5.71. The van der Waals surface area contributed by atoms with Crippen LogP contribution >= 0.6 is 22.9 Å². The Morgan fingerprint density at radius 2 is 2.04 bits per heavy atom. The molecular weight excluding hydrogens is 394 g/mol. The van der Waals surface area contributed by atoms with E-state index in [1.807, 2.05) is 36.4 Å². The molecule has 0 amide bonds. The number of rotatable bonds is 7. The van der Waals surface area contributed by atoms with Crippen LogP contribution in [0.1, 0.15) is 34.5 Å². The number of thiophene rings is 1. The van der Waals surface area contributed by atoms with Crippen LogP contribution in [0.4, 0.5) is 11.4 Å². The van der Waals surface area contributed by atoms with Gasteiger partial charge in [-0.1, -0.05) is 28.9 Å². The van der Waals surface area contributed by atoms with E-state index in [0.717, 1.165) is 22.6 Å². The summed E-state index contributed by atoms with van der Waals surface area (Å²) in [6, 6.07) is 15.4. The van der Waals surface area contributed by atoms with Crippen molar-refractivity contribution in [3.63, 3.8) is 0 Å². The van der Waals surface area contributed by atoms with E-state index in [1.165, 1.54) is 11.3 Å². The van der Waals surface area contributed by atoms with Gasteiger partial charge in [0, 0.05) is 24.7 Å². The van der Waals surface area contributed by atoms with Gasteiger partial charge in [0.05, 0.1) is 26.8 Å². The number of hydrogen-bond donors (Lipinski definition) is 1. The molecule has 1 aromatic carbocycles. The Morgan fingerprint density at radius 1 is 1.18 bits per heavy atom. The first-order valence-electron chi connectivity index (χ1n) is 8.96. The summed E-state index contributed by atoms with van der Waals surface area (Å²) in [5.74, 6) is 0.0970. The molecule has 1 aliphatic rings. The minimum Gasteiger partial charge on any atom is -0.392 e. The van der Waals surface area contributed by atoms with E-state index < -0.39 is 0 Å². The standard InChI is InChI=1S/C21H18ClN3O2S/c22-21-10-9-20(28-21)19(26)8-7-17-12-18(25-27-17)14-3-5-15(6-4-14)24-16-2-1-11-23-13-16/h1-6,9-11,13,17,24H,7-8,12H2. The molecule has 28 heavy (non-hydrogen) atoms. The number of oxime groups is 1. The SMILES string of the molecule is O=C(CCC1CC(c2ccc(Nc3cccnc3)cc2)=NO1)c1ccc(Cl)s1. The molecule has 3 heterocycles. The average Bonchev–Trinajstić information content (AvgIpc) is 3.37. The molecule has 1 N–H and O–H groups in total. The number of carbonyl (C=O) groups excluding carboxylic acids is 1. The van der Waals surface area contributed by atoms with Gasteiger partial charge < -0.3 is 10.2 Å². The fourth-order valence-electron chi connectivity index (χ4n) is 2.98. The van der Waals surface area contributed by atoms with Gasteiger partial charge in [-0.3, -0.25) is 9.78 Å². The molecule has 142 valence electrons. The second-order valence-electron chi connectivity index (χ2n) is 6.48. The van der Waals surface area contributed by atoms with Gasteiger partial charge in [-0.25, -0.2) is 0 Å². The molecule has 2 aromatic heterocycles. The summed E-state index contributed by atoms with van der Waals surface area (Å²) in [6.07, 6.45) is 5.22. The second-order valence-corrected chi connectivity index (χ2v) is 8.19. The van der Waals surface area contributed by atoms with Crippen molar-refractivity contribution in [2.45, 2.75) is 25.4 Å². The van der Waals surface area contributed by atoms with E-state index in [1.54, 1.807) is 24.5 Å². The second kappa shape index (κ2) is 8.54. The zero-order chi connectivity index (χ0) is 19.3. The number of pyridine rings is 1. The lowest BCUT2D eigenvalue weighted by molar-refractivity contribution is 0.0720. The van der Waals surface area contributed by atoms with Crippen molar-refractivity contribution in [3.8, 4) is 0 Å². The lowest BCUT2D eigenvalue weighted by Crippen LogP contribution is -2.11. The number of anilines is 2. The summed E-state index contributed by atoms with van der Waals surface area (Å²) in [6.45, 7) is 0. The van der Waals surface area contributed by atoms with Crippen LogP contribution < -0.4 is 5.32 Å². The van der Waals surface area contributed by atoms with E-state index >= 15 is 0 Å². The van der Waals surface area contributed by atoms with E-state index in [2.05, 4.69) is 15.5 Å². The highest BCUT2D eigenvalue weighted by molar-refractivity contribution is 7.18.